The quantitative estimate of drug-likeness (QED) is 0.537. The SMILES string of the molecule is CC1(CCl)CC(N)C1. The molecule has 0 aromatic carbocycles. The summed E-state index contributed by atoms with van der Waals surface area (Å²) in [6.45, 7) is 2.18. The normalized spacial score (nSPS) is 46.1. The zero-order valence-electron chi connectivity index (χ0n) is 5.15. The van der Waals surface area contributed by atoms with Gasteiger partial charge >= 0.3 is 0 Å². The standard InChI is InChI=1S/C6H12ClN/c1-6(4-7)2-5(8)3-6/h5H,2-4,8H2,1H3. The van der Waals surface area contributed by atoms with Gasteiger partial charge in [0.05, 0.1) is 0 Å². The van der Waals surface area contributed by atoms with Crippen LogP contribution in [0, 0.1) is 5.41 Å². The Kier molecular flexibility index (Phi) is 1.50. The van der Waals surface area contributed by atoms with Crippen LogP contribution in [0.1, 0.15) is 19.8 Å². The summed E-state index contributed by atoms with van der Waals surface area (Å²) in [5.74, 6) is 0.765. The molecule has 48 valence electrons. The minimum Gasteiger partial charge on any atom is -0.328 e. The highest BCUT2D eigenvalue weighted by atomic mass is 35.5. The lowest BCUT2D eigenvalue weighted by Gasteiger charge is -2.41. The molecule has 0 radical (unpaired) electrons. The second-order valence-corrected chi connectivity index (χ2v) is 3.38. The smallest absolute Gasteiger partial charge is 0.0278 e. The Morgan fingerprint density at radius 3 is 2.38 bits per heavy atom. The Morgan fingerprint density at radius 2 is 2.25 bits per heavy atom. The van der Waals surface area contributed by atoms with Gasteiger partial charge in [0.25, 0.3) is 0 Å². The van der Waals surface area contributed by atoms with Crippen LogP contribution in [0.3, 0.4) is 0 Å². The summed E-state index contributed by atoms with van der Waals surface area (Å²) in [4.78, 5) is 0. The highest BCUT2D eigenvalue weighted by Crippen LogP contribution is 2.40. The molecule has 0 spiro atoms. The van der Waals surface area contributed by atoms with Crippen LogP contribution in [0.2, 0.25) is 0 Å². The molecular formula is C6H12ClN. The topological polar surface area (TPSA) is 26.0 Å². The summed E-state index contributed by atoms with van der Waals surface area (Å²) in [5.41, 5.74) is 5.95. The van der Waals surface area contributed by atoms with E-state index in [0.29, 0.717) is 11.5 Å². The molecule has 1 nitrogen and oxygen atoms in total. The van der Waals surface area contributed by atoms with E-state index in [2.05, 4.69) is 6.92 Å². The fraction of sp³-hybridized carbons (Fsp3) is 1.00. The third kappa shape index (κ3) is 0.981. The van der Waals surface area contributed by atoms with Gasteiger partial charge in [-0.25, -0.2) is 0 Å². The molecule has 1 fully saturated rings. The third-order valence-electron chi connectivity index (χ3n) is 1.83. The van der Waals surface area contributed by atoms with Crippen LogP contribution < -0.4 is 5.73 Å². The maximum absolute atomic E-state index is 5.65. The average Bonchev–Trinajstić information content (AvgIpc) is 1.63. The highest BCUT2D eigenvalue weighted by molar-refractivity contribution is 6.18. The van der Waals surface area contributed by atoms with Gasteiger partial charge in [-0.05, 0) is 18.3 Å². The summed E-state index contributed by atoms with van der Waals surface area (Å²) in [5, 5.41) is 0. The van der Waals surface area contributed by atoms with Gasteiger partial charge in [0.1, 0.15) is 0 Å². The van der Waals surface area contributed by atoms with Crippen molar-refractivity contribution in [3.05, 3.63) is 0 Å². The largest absolute Gasteiger partial charge is 0.328 e. The number of alkyl halides is 1. The van der Waals surface area contributed by atoms with Gasteiger partial charge in [-0.1, -0.05) is 6.92 Å². The summed E-state index contributed by atoms with van der Waals surface area (Å²) in [7, 11) is 0. The van der Waals surface area contributed by atoms with Crippen LogP contribution in [0.15, 0.2) is 0 Å². The number of hydrogen-bond donors (Lipinski definition) is 1. The summed E-state index contributed by atoms with van der Waals surface area (Å²) in [6.07, 6.45) is 2.22. The van der Waals surface area contributed by atoms with Crippen LogP contribution in [-0.4, -0.2) is 11.9 Å². The zero-order chi connectivity index (χ0) is 6.20. The molecule has 0 aromatic heterocycles. The van der Waals surface area contributed by atoms with Crippen LogP contribution in [-0.2, 0) is 0 Å². The molecule has 1 aliphatic carbocycles. The maximum atomic E-state index is 5.65. The van der Waals surface area contributed by atoms with Gasteiger partial charge in [-0.15, -0.1) is 11.6 Å². The van der Waals surface area contributed by atoms with Crippen molar-refractivity contribution in [3.8, 4) is 0 Å². The van der Waals surface area contributed by atoms with Crippen molar-refractivity contribution in [3.63, 3.8) is 0 Å². The lowest BCUT2D eigenvalue weighted by atomic mass is 9.69. The molecule has 8 heavy (non-hydrogen) atoms. The highest BCUT2D eigenvalue weighted by Gasteiger charge is 2.36. The molecule has 1 saturated carbocycles. The first kappa shape index (κ1) is 6.37. The molecular weight excluding hydrogens is 122 g/mol. The van der Waals surface area contributed by atoms with E-state index in [-0.39, 0.29) is 0 Å². The molecule has 1 aliphatic rings. The lowest BCUT2D eigenvalue weighted by molar-refractivity contribution is 0.159. The number of rotatable bonds is 1. The van der Waals surface area contributed by atoms with E-state index in [1.54, 1.807) is 0 Å². The summed E-state index contributed by atoms with van der Waals surface area (Å²) >= 11 is 5.65. The van der Waals surface area contributed by atoms with Crippen molar-refractivity contribution in [1.29, 1.82) is 0 Å². The second kappa shape index (κ2) is 1.89. The third-order valence-corrected chi connectivity index (χ3v) is 2.48. The van der Waals surface area contributed by atoms with Crippen molar-refractivity contribution >= 4 is 11.6 Å². The predicted octanol–water partition coefficient (Wildman–Crippen LogP) is 1.35. The Morgan fingerprint density at radius 1 is 1.75 bits per heavy atom. The van der Waals surface area contributed by atoms with Crippen molar-refractivity contribution in [2.75, 3.05) is 5.88 Å². The molecule has 0 aliphatic heterocycles. The van der Waals surface area contributed by atoms with Crippen molar-refractivity contribution in [1.82, 2.24) is 0 Å². The molecule has 2 heteroatoms. The molecule has 0 heterocycles. The fourth-order valence-corrected chi connectivity index (χ4v) is 1.53. The molecule has 1 rings (SSSR count). The summed E-state index contributed by atoms with van der Waals surface area (Å²) < 4.78 is 0. The maximum Gasteiger partial charge on any atom is 0.0278 e. The van der Waals surface area contributed by atoms with Gasteiger partial charge in [0.2, 0.25) is 0 Å². The van der Waals surface area contributed by atoms with Crippen LogP contribution >= 0.6 is 11.6 Å². The van der Waals surface area contributed by atoms with Crippen molar-refractivity contribution in [2.24, 2.45) is 11.1 Å². The minimum absolute atomic E-state index is 0.376. The van der Waals surface area contributed by atoms with Gasteiger partial charge in [0.15, 0.2) is 0 Å². The Bertz CT molecular complexity index is 86.5. The van der Waals surface area contributed by atoms with E-state index in [1.807, 2.05) is 0 Å². The molecule has 0 bridgehead atoms. The molecule has 0 atom stereocenters. The molecule has 0 unspecified atom stereocenters. The van der Waals surface area contributed by atoms with Crippen LogP contribution in [0.25, 0.3) is 0 Å². The Hall–Kier alpha value is 0.250. The van der Waals surface area contributed by atoms with Gasteiger partial charge in [-0.2, -0.15) is 0 Å². The lowest BCUT2D eigenvalue weighted by Crippen LogP contribution is -2.45. The Balaban J connectivity index is 2.30. The first-order valence-electron chi connectivity index (χ1n) is 2.98. The van der Waals surface area contributed by atoms with E-state index in [1.165, 1.54) is 0 Å². The molecule has 2 N–H and O–H groups in total. The van der Waals surface area contributed by atoms with Gasteiger partial charge < -0.3 is 5.73 Å². The first-order chi connectivity index (χ1) is 3.66. The van der Waals surface area contributed by atoms with Crippen molar-refractivity contribution in [2.45, 2.75) is 25.8 Å². The number of halogens is 1. The molecule has 0 aromatic rings. The summed E-state index contributed by atoms with van der Waals surface area (Å²) in [6, 6.07) is 0.429. The van der Waals surface area contributed by atoms with E-state index >= 15 is 0 Å². The number of hydrogen-bond acceptors (Lipinski definition) is 1. The van der Waals surface area contributed by atoms with Crippen LogP contribution in [0.5, 0.6) is 0 Å². The van der Waals surface area contributed by atoms with Crippen LogP contribution in [0.4, 0.5) is 0 Å². The monoisotopic (exact) mass is 133 g/mol. The van der Waals surface area contributed by atoms with E-state index < -0.39 is 0 Å². The zero-order valence-corrected chi connectivity index (χ0v) is 5.91. The predicted molar refractivity (Wildman–Crippen MR) is 36.0 cm³/mol. The first-order valence-corrected chi connectivity index (χ1v) is 3.51. The number of nitrogens with two attached hydrogens (primary N) is 1. The fourth-order valence-electron chi connectivity index (χ4n) is 1.32. The van der Waals surface area contributed by atoms with Crippen molar-refractivity contribution < 1.29 is 0 Å². The van der Waals surface area contributed by atoms with E-state index in [4.69, 9.17) is 17.3 Å². The average molecular weight is 134 g/mol. The molecule has 0 saturated heterocycles. The second-order valence-electron chi connectivity index (χ2n) is 3.11. The molecule has 0 amide bonds. The Labute approximate surface area is 55.2 Å². The van der Waals surface area contributed by atoms with Gasteiger partial charge in [-0.3, -0.25) is 0 Å². The van der Waals surface area contributed by atoms with E-state index in [0.717, 1.165) is 18.7 Å². The van der Waals surface area contributed by atoms with Gasteiger partial charge in [0, 0.05) is 11.9 Å². The van der Waals surface area contributed by atoms with E-state index in [9.17, 15) is 0 Å². The minimum atomic E-state index is 0.376.